The number of hydrogen-bond donors (Lipinski definition) is 0. The molecule has 0 bridgehead atoms. The third kappa shape index (κ3) is 4.86. The topological polar surface area (TPSA) is 41.9 Å². The molecule has 0 N–H and O–H groups in total. The average molecular weight is 477 g/mol. The van der Waals surface area contributed by atoms with Crippen molar-refractivity contribution in [3.63, 3.8) is 0 Å². The Balaban J connectivity index is 1.43. The molecule has 6 aromatic rings. The predicted octanol–water partition coefficient (Wildman–Crippen LogP) is 8.34. The summed E-state index contributed by atoms with van der Waals surface area (Å²) in [6.07, 6.45) is 3.58. The molecule has 0 saturated heterocycles. The van der Waals surface area contributed by atoms with Gasteiger partial charge in [-0.05, 0) is 83.9 Å². The van der Waals surface area contributed by atoms with E-state index in [1.807, 2.05) is 48.5 Å². The predicted molar refractivity (Wildman–Crippen MR) is 151 cm³/mol. The Hall–Kier alpha value is -5.09. The van der Waals surface area contributed by atoms with Crippen LogP contribution in [0.2, 0.25) is 0 Å². The van der Waals surface area contributed by atoms with E-state index in [2.05, 4.69) is 99.8 Å². The fraction of sp³-hybridized carbons (Fsp3) is 0. The maximum atomic E-state index is 4.89. The fourth-order valence-corrected chi connectivity index (χ4v) is 4.39. The normalized spacial score (nSPS) is 10.7. The van der Waals surface area contributed by atoms with E-state index in [-0.39, 0.29) is 0 Å². The SMILES string of the molecule is c1ccc(N(c2ccccc2)c2ccc(-c3cc(-c4ccccn4)nc(-c4ccccn4)c3)cc2)cc1. The van der Waals surface area contributed by atoms with Crippen molar-refractivity contribution in [2.24, 2.45) is 0 Å². The third-order valence-corrected chi connectivity index (χ3v) is 6.17. The molecule has 0 unspecified atom stereocenters. The maximum Gasteiger partial charge on any atom is 0.0900 e. The summed E-state index contributed by atoms with van der Waals surface area (Å²) in [5, 5.41) is 0. The van der Waals surface area contributed by atoms with Crippen molar-refractivity contribution in [1.82, 2.24) is 15.0 Å². The molecule has 3 aromatic carbocycles. The maximum absolute atomic E-state index is 4.89. The number of nitrogens with zero attached hydrogens (tertiary/aromatic N) is 4. The standard InChI is InChI=1S/C33H24N4/c1-3-11-27(12-4-1)37(28-13-5-2-6-14-28)29-19-17-25(18-20-29)26-23-32(30-15-7-9-21-34-30)36-33(24-26)31-16-8-10-22-35-31/h1-24H. The molecule has 0 aliphatic rings. The summed E-state index contributed by atoms with van der Waals surface area (Å²) in [6.45, 7) is 0. The average Bonchev–Trinajstić information content (AvgIpc) is 2.99. The van der Waals surface area contributed by atoms with E-state index in [9.17, 15) is 0 Å². The lowest BCUT2D eigenvalue weighted by molar-refractivity contribution is 1.22. The van der Waals surface area contributed by atoms with Crippen molar-refractivity contribution >= 4 is 17.1 Å². The quantitative estimate of drug-likeness (QED) is 0.242. The summed E-state index contributed by atoms with van der Waals surface area (Å²) >= 11 is 0. The molecule has 0 amide bonds. The lowest BCUT2D eigenvalue weighted by Gasteiger charge is -2.25. The van der Waals surface area contributed by atoms with Crippen LogP contribution in [0.4, 0.5) is 17.1 Å². The fourth-order valence-electron chi connectivity index (χ4n) is 4.39. The lowest BCUT2D eigenvalue weighted by Crippen LogP contribution is -2.09. The van der Waals surface area contributed by atoms with Gasteiger partial charge in [0, 0.05) is 29.5 Å². The Morgan fingerprint density at radius 3 is 1.30 bits per heavy atom. The molecule has 4 nitrogen and oxygen atoms in total. The first-order valence-corrected chi connectivity index (χ1v) is 12.2. The van der Waals surface area contributed by atoms with Gasteiger partial charge < -0.3 is 4.90 Å². The first-order valence-electron chi connectivity index (χ1n) is 12.2. The van der Waals surface area contributed by atoms with Crippen LogP contribution in [0.15, 0.2) is 146 Å². The number of rotatable bonds is 6. The van der Waals surface area contributed by atoms with E-state index in [0.717, 1.165) is 51.0 Å². The second kappa shape index (κ2) is 10.3. The highest BCUT2D eigenvalue weighted by Gasteiger charge is 2.14. The molecule has 0 aliphatic carbocycles. The Morgan fingerprint density at radius 2 is 0.838 bits per heavy atom. The zero-order valence-electron chi connectivity index (χ0n) is 20.1. The Kier molecular flexibility index (Phi) is 6.21. The highest BCUT2D eigenvalue weighted by atomic mass is 15.1. The van der Waals surface area contributed by atoms with Gasteiger partial charge in [-0.3, -0.25) is 9.97 Å². The van der Waals surface area contributed by atoms with Crippen LogP contribution >= 0.6 is 0 Å². The van der Waals surface area contributed by atoms with Crippen molar-refractivity contribution in [1.29, 1.82) is 0 Å². The molecule has 0 radical (unpaired) electrons. The molecule has 3 heterocycles. The summed E-state index contributed by atoms with van der Waals surface area (Å²) < 4.78 is 0. The largest absolute Gasteiger partial charge is 0.311 e. The van der Waals surface area contributed by atoms with Crippen molar-refractivity contribution < 1.29 is 0 Å². The molecular formula is C33H24N4. The van der Waals surface area contributed by atoms with E-state index >= 15 is 0 Å². The molecule has 0 saturated carbocycles. The van der Waals surface area contributed by atoms with Gasteiger partial charge >= 0.3 is 0 Å². The first kappa shape index (κ1) is 22.4. The number of aromatic nitrogens is 3. The van der Waals surface area contributed by atoms with E-state index in [0.29, 0.717) is 0 Å². The van der Waals surface area contributed by atoms with Gasteiger partial charge in [0.2, 0.25) is 0 Å². The third-order valence-electron chi connectivity index (χ3n) is 6.17. The van der Waals surface area contributed by atoms with Crippen LogP contribution < -0.4 is 4.90 Å². The number of hydrogen-bond acceptors (Lipinski definition) is 4. The van der Waals surface area contributed by atoms with Crippen molar-refractivity contribution in [2.45, 2.75) is 0 Å². The molecule has 3 aromatic heterocycles. The first-order chi connectivity index (χ1) is 18.3. The van der Waals surface area contributed by atoms with E-state index in [1.54, 1.807) is 12.4 Å². The molecule has 0 fully saturated rings. The van der Waals surface area contributed by atoms with E-state index in [4.69, 9.17) is 4.98 Å². The van der Waals surface area contributed by atoms with Gasteiger partial charge in [-0.2, -0.15) is 0 Å². The minimum Gasteiger partial charge on any atom is -0.311 e. The van der Waals surface area contributed by atoms with Gasteiger partial charge in [-0.25, -0.2) is 4.98 Å². The van der Waals surface area contributed by atoms with Crippen molar-refractivity contribution in [2.75, 3.05) is 4.90 Å². The molecule has 0 aliphatic heterocycles. The molecular weight excluding hydrogens is 452 g/mol. The summed E-state index contributed by atoms with van der Waals surface area (Å²) in [6, 6.07) is 45.4. The van der Waals surface area contributed by atoms with Crippen molar-refractivity contribution in [3.05, 3.63) is 146 Å². The van der Waals surface area contributed by atoms with Gasteiger partial charge in [0.05, 0.1) is 22.8 Å². The van der Waals surface area contributed by atoms with Crippen LogP contribution in [-0.4, -0.2) is 15.0 Å². The van der Waals surface area contributed by atoms with Crippen LogP contribution in [0.5, 0.6) is 0 Å². The Morgan fingerprint density at radius 1 is 0.378 bits per heavy atom. The number of pyridine rings is 3. The highest BCUT2D eigenvalue weighted by Crippen LogP contribution is 2.36. The summed E-state index contributed by atoms with van der Waals surface area (Å²) in [4.78, 5) is 16.2. The molecule has 0 atom stereocenters. The van der Waals surface area contributed by atoms with E-state index < -0.39 is 0 Å². The van der Waals surface area contributed by atoms with E-state index in [1.165, 1.54) is 0 Å². The second-order valence-corrected chi connectivity index (χ2v) is 8.61. The van der Waals surface area contributed by atoms with Gasteiger partial charge in [0.1, 0.15) is 0 Å². The Bertz CT molecular complexity index is 1490. The second-order valence-electron chi connectivity index (χ2n) is 8.61. The van der Waals surface area contributed by atoms with Crippen LogP contribution in [-0.2, 0) is 0 Å². The zero-order chi connectivity index (χ0) is 24.9. The molecule has 4 heteroatoms. The summed E-state index contributed by atoms with van der Waals surface area (Å²) in [7, 11) is 0. The van der Waals surface area contributed by atoms with Crippen molar-refractivity contribution in [3.8, 4) is 33.9 Å². The minimum atomic E-state index is 0.818. The Labute approximate surface area is 216 Å². The lowest BCUT2D eigenvalue weighted by atomic mass is 10.0. The number of anilines is 3. The highest BCUT2D eigenvalue weighted by molar-refractivity contribution is 5.80. The van der Waals surface area contributed by atoms with Gasteiger partial charge in [-0.1, -0.05) is 60.7 Å². The van der Waals surface area contributed by atoms with Crippen LogP contribution in [0, 0.1) is 0 Å². The monoisotopic (exact) mass is 476 g/mol. The molecule has 176 valence electrons. The molecule has 6 rings (SSSR count). The minimum absolute atomic E-state index is 0.818. The van der Waals surface area contributed by atoms with Crippen LogP contribution in [0.3, 0.4) is 0 Å². The molecule has 37 heavy (non-hydrogen) atoms. The van der Waals surface area contributed by atoms with Crippen LogP contribution in [0.25, 0.3) is 33.9 Å². The number of benzene rings is 3. The molecule has 0 spiro atoms. The zero-order valence-corrected chi connectivity index (χ0v) is 20.1. The smallest absolute Gasteiger partial charge is 0.0900 e. The van der Waals surface area contributed by atoms with Gasteiger partial charge in [0.15, 0.2) is 0 Å². The van der Waals surface area contributed by atoms with Gasteiger partial charge in [-0.15, -0.1) is 0 Å². The van der Waals surface area contributed by atoms with Crippen LogP contribution in [0.1, 0.15) is 0 Å². The summed E-state index contributed by atoms with van der Waals surface area (Å²) in [5.74, 6) is 0. The summed E-state index contributed by atoms with van der Waals surface area (Å²) in [5.41, 5.74) is 8.77. The number of para-hydroxylation sites is 2. The van der Waals surface area contributed by atoms with Gasteiger partial charge in [0.25, 0.3) is 0 Å².